The van der Waals surface area contributed by atoms with Crippen molar-refractivity contribution in [3.8, 4) is 17.6 Å². The van der Waals surface area contributed by atoms with Crippen LogP contribution in [-0.4, -0.2) is 81.8 Å². The molecule has 0 bridgehead atoms. The molecule has 3 aromatic rings. The summed E-state index contributed by atoms with van der Waals surface area (Å²) in [6, 6.07) is 7.45. The zero-order valence-corrected chi connectivity index (χ0v) is 27.4. The number of aromatic nitrogens is 1. The Morgan fingerprint density at radius 2 is 1.78 bits per heavy atom. The second kappa shape index (κ2) is 13.4. The zero-order valence-electron chi connectivity index (χ0n) is 26.6. The Bertz CT molecular complexity index is 1760. The number of nitrogens with one attached hydrogen (secondary N) is 1. The molecule has 1 aliphatic rings. The van der Waals surface area contributed by atoms with E-state index in [2.05, 4.69) is 22.1 Å². The molecule has 250 valence electrons. The molecule has 0 spiro atoms. The largest absolute Gasteiger partial charge is 0.495 e. The lowest BCUT2D eigenvalue weighted by molar-refractivity contribution is -0.140. The number of hydrogen-bond acceptors (Lipinski definition) is 7. The molecular weight excluding hydrogens is 628 g/mol. The number of methoxy groups -OCH3 is 1. The fourth-order valence-corrected chi connectivity index (χ4v) is 5.92. The van der Waals surface area contributed by atoms with Crippen LogP contribution >= 0.6 is 0 Å². The van der Waals surface area contributed by atoms with Gasteiger partial charge in [0.2, 0.25) is 0 Å². The highest BCUT2D eigenvalue weighted by Crippen LogP contribution is 2.36. The summed E-state index contributed by atoms with van der Waals surface area (Å²) in [5.41, 5.74) is -0.434. The van der Waals surface area contributed by atoms with Gasteiger partial charge in [-0.3, -0.25) is 4.90 Å². The van der Waals surface area contributed by atoms with Gasteiger partial charge in [-0.2, -0.15) is 13.2 Å². The number of ether oxygens (including phenoxy) is 2. The number of carbonyl (C=O) groups is 1. The lowest BCUT2D eigenvalue weighted by Crippen LogP contribution is -2.48. The summed E-state index contributed by atoms with van der Waals surface area (Å²) < 4.78 is 92.3. The van der Waals surface area contributed by atoms with Crippen LogP contribution in [0, 0.1) is 17.7 Å². The molecule has 46 heavy (non-hydrogen) atoms. The summed E-state index contributed by atoms with van der Waals surface area (Å²) in [5.74, 6) is 4.98. The molecule has 1 amide bonds. The Kier molecular flexibility index (Phi) is 10.2. The van der Waals surface area contributed by atoms with Gasteiger partial charge in [0.1, 0.15) is 23.7 Å². The number of rotatable bonds is 7. The van der Waals surface area contributed by atoms with Crippen LogP contribution in [0.5, 0.6) is 5.75 Å². The second-order valence-corrected chi connectivity index (χ2v) is 14.3. The molecule has 2 aromatic carbocycles. The molecule has 2 heterocycles. The molecule has 1 fully saturated rings. The van der Waals surface area contributed by atoms with Crippen molar-refractivity contribution in [3.63, 3.8) is 0 Å². The standard InChI is InChI=1S/C32H38F4N4O5S/c1-31(2,3)45-30(41)40(22-11-14-38(4)15-12-22)28-17-21(33)16-27-25(28)18-23(39(27)20-32(34,35)36)8-7-13-37-26-10-9-24(46(6,42)43)19-29(26)44-5/h9-10,16-19,22,37H,11-15,20H2,1-6H3. The van der Waals surface area contributed by atoms with Crippen molar-refractivity contribution < 1.29 is 40.2 Å². The van der Waals surface area contributed by atoms with Crippen LogP contribution in [-0.2, 0) is 21.1 Å². The van der Waals surface area contributed by atoms with Gasteiger partial charge in [0, 0.05) is 23.8 Å². The zero-order chi connectivity index (χ0) is 34.0. The number of halogens is 4. The van der Waals surface area contributed by atoms with E-state index in [4.69, 9.17) is 9.47 Å². The Labute approximate surface area is 266 Å². The summed E-state index contributed by atoms with van der Waals surface area (Å²) in [6.07, 6.45) is -3.18. The number of anilines is 2. The normalized spacial score (nSPS) is 14.9. The van der Waals surface area contributed by atoms with Crippen molar-refractivity contribution >= 4 is 38.2 Å². The minimum absolute atomic E-state index is 0.0344. The van der Waals surface area contributed by atoms with E-state index < -0.39 is 40.1 Å². The van der Waals surface area contributed by atoms with Crippen molar-refractivity contribution in [1.29, 1.82) is 0 Å². The second-order valence-electron chi connectivity index (χ2n) is 12.3. The maximum atomic E-state index is 15.2. The first-order chi connectivity index (χ1) is 21.4. The molecule has 0 radical (unpaired) electrons. The number of fused-ring (bicyclic) bond motifs is 1. The van der Waals surface area contributed by atoms with E-state index in [1.54, 1.807) is 20.8 Å². The first-order valence-electron chi connectivity index (χ1n) is 14.6. The fourth-order valence-electron chi connectivity index (χ4n) is 5.29. The quantitative estimate of drug-likeness (QED) is 0.242. The van der Waals surface area contributed by atoms with Gasteiger partial charge in [-0.05, 0) is 90.0 Å². The molecule has 1 aliphatic heterocycles. The maximum absolute atomic E-state index is 15.2. The molecule has 0 unspecified atom stereocenters. The van der Waals surface area contributed by atoms with Crippen LogP contribution in [0.4, 0.5) is 33.7 Å². The fraction of sp³-hybridized carbons (Fsp3) is 0.469. The minimum Gasteiger partial charge on any atom is -0.495 e. The summed E-state index contributed by atoms with van der Waals surface area (Å²) in [4.78, 5) is 17.1. The molecule has 0 saturated carbocycles. The van der Waals surface area contributed by atoms with Crippen molar-refractivity contribution in [1.82, 2.24) is 9.47 Å². The van der Waals surface area contributed by atoms with Crippen molar-refractivity contribution in [3.05, 3.63) is 47.9 Å². The molecule has 9 nitrogen and oxygen atoms in total. The molecule has 1 N–H and O–H groups in total. The number of carbonyl (C=O) groups excluding carboxylic acids is 1. The SMILES string of the molecule is COc1cc(S(C)(=O)=O)ccc1NCC#Cc1cc2c(N(C(=O)OC(C)(C)C)C3CCN(C)CC3)cc(F)cc2n1CC(F)(F)F. The number of piperidine rings is 1. The van der Waals surface area contributed by atoms with Gasteiger partial charge in [0.25, 0.3) is 0 Å². The third kappa shape index (κ3) is 8.64. The Morgan fingerprint density at radius 1 is 1.11 bits per heavy atom. The van der Waals surface area contributed by atoms with Gasteiger partial charge in [0.05, 0.1) is 41.1 Å². The third-order valence-corrected chi connectivity index (χ3v) is 8.50. The summed E-state index contributed by atoms with van der Waals surface area (Å²) in [6.45, 7) is 4.98. The highest BCUT2D eigenvalue weighted by Gasteiger charge is 2.35. The molecule has 4 rings (SSSR count). The summed E-state index contributed by atoms with van der Waals surface area (Å²) in [5, 5.41) is 3.21. The number of benzene rings is 2. The minimum atomic E-state index is -4.65. The van der Waals surface area contributed by atoms with E-state index in [9.17, 15) is 26.4 Å². The van der Waals surface area contributed by atoms with Crippen molar-refractivity contribution in [2.75, 3.05) is 50.3 Å². The summed E-state index contributed by atoms with van der Waals surface area (Å²) >= 11 is 0. The Morgan fingerprint density at radius 3 is 2.37 bits per heavy atom. The van der Waals surface area contributed by atoms with Crippen LogP contribution in [0.3, 0.4) is 0 Å². The number of alkyl halides is 3. The van der Waals surface area contributed by atoms with E-state index >= 15 is 4.39 Å². The molecule has 1 aromatic heterocycles. The third-order valence-electron chi connectivity index (χ3n) is 7.39. The first-order valence-corrected chi connectivity index (χ1v) is 16.5. The smallest absolute Gasteiger partial charge is 0.415 e. The molecule has 0 aliphatic carbocycles. The van der Waals surface area contributed by atoms with Crippen LogP contribution in [0.25, 0.3) is 10.9 Å². The lowest BCUT2D eigenvalue weighted by Gasteiger charge is -2.38. The number of amides is 1. The van der Waals surface area contributed by atoms with E-state index in [0.717, 1.165) is 23.0 Å². The lowest BCUT2D eigenvalue weighted by atomic mass is 10.0. The monoisotopic (exact) mass is 666 g/mol. The van der Waals surface area contributed by atoms with E-state index in [-0.39, 0.29) is 45.5 Å². The molecule has 1 saturated heterocycles. The molecule has 14 heteroatoms. The van der Waals surface area contributed by atoms with Crippen molar-refractivity contribution in [2.24, 2.45) is 0 Å². The van der Waals surface area contributed by atoms with E-state index in [0.29, 0.717) is 31.6 Å². The highest BCUT2D eigenvalue weighted by atomic mass is 32.2. The maximum Gasteiger partial charge on any atom is 0.415 e. The van der Waals surface area contributed by atoms with Crippen LogP contribution in [0.15, 0.2) is 41.3 Å². The average molecular weight is 667 g/mol. The Balaban J connectivity index is 1.77. The predicted molar refractivity (Wildman–Crippen MR) is 169 cm³/mol. The summed E-state index contributed by atoms with van der Waals surface area (Å²) in [7, 11) is -0.153. The van der Waals surface area contributed by atoms with E-state index in [1.807, 2.05) is 7.05 Å². The van der Waals surface area contributed by atoms with Crippen LogP contribution in [0.2, 0.25) is 0 Å². The van der Waals surface area contributed by atoms with Crippen LogP contribution < -0.4 is 15.0 Å². The number of likely N-dealkylation sites (tertiary alicyclic amines) is 1. The number of hydrogen-bond donors (Lipinski definition) is 1. The van der Waals surface area contributed by atoms with Gasteiger partial charge < -0.3 is 24.3 Å². The number of nitrogens with zero attached hydrogens (tertiary/aromatic N) is 3. The Hall–Kier alpha value is -3.96. The van der Waals surface area contributed by atoms with Crippen LogP contribution in [0.1, 0.15) is 39.3 Å². The topological polar surface area (TPSA) is 93.1 Å². The van der Waals surface area contributed by atoms with Gasteiger partial charge >= 0.3 is 12.3 Å². The van der Waals surface area contributed by atoms with Gasteiger partial charge in [0.15, 0.2) is 9.84 Å². The molecular formula is C32H38F4N4O5S. The van der Waals surface area contributed by atoms with Gasteiger partial charge in [-0.25, -0.2) is 17.6 Å². The van der Waals surface area contributed by atoms with Gasteiger partial charge in [-0.15, -0.1) is 0 Å². The average Bonchev–Trinajstić information content (AvgIpc) is 3.26. The predicted octanol–water partition coefficient (Wildman–Crippen LogP) is 6.05. The van der Waals surface area contributed by atoms with Crippen molar-refractivity contribution in [2.45, 2.75) is 62.9 Å². The highest BCUT2D eigenvalue weighted by molar-refractivity contribution is 7.90. The number of sulfone groups is 1. The van der Waals surface area contributed by atoms with Gasteiger partial charge in [-0.1, -0.05) is 5.92 Å². The first kappa shape index (κ1) is 34.9. The van der Waals surface area contributed by atoms with E-state index in [1.165, 1.54) is 36.3 Å². The molecule has 0 atom stereocenters.